The number of pyridine rings is 1. The zero-order valence-corrected chi connectivity index (χ0v) is 64.1. The number of carbonyl (C=O) groups is 5. The van der Waals surface area contributed by atoms with Crippen LogP contribution in [-0.4, -0.2) is 40.7 Å². The van der Waals surface area contributed by atoms with Crippen LogP contribution in [-0.2, 0) is 44.8 Å². The van der Waals surface area contributed by atoms with Crippen LogP contribution in [0.1, 0.15) is 238 Å². The second-order valence-corrected chi connectivity index (χ2v) is 32.7. The zero-order valence-electron chi connectivity index (χ0n) is 64.1. The van der Waals surface area contributed by atoms with Gasteiger partial charge in [-0.2, -0.15) is 0 Å². The molecule has 7 heteroatoms. The van der Waals surface area contributed by atoms with Crippen LogP contribution in [0.15, 0.2) is 237 Å². The van der Waals surface area contributed by atoms with E-state index in [2.05, 4.69) is 144 Å². The van der Waals surface area contributed by atoms with Crippen molar-refractivity contribution < 1.29 is 28.7 Å². The molecule has 1 heterocycles. The molecular weight excluding hydrogens is 1200 g/mol. The predicted octanol–water partition coefficient (Wildman–Crippen LogP) is 23.8. The Hall–Kier alpha value is -8.16. The van der Waals surface area contributed by atoms with Gasteiger partial charge in [0.1, 0.15) is 17.3 Å². The van der Waals surface area contributed by atoms with E-state index in [1.54, 1.807) is 18.3 Å². The molecule has 1 aromatic heterocycles. The Kier molecular flexibility index (Phi) is 37.4. The van der Waals surface area contributed by atoms with Crippen molar-refractivity contribution in [3.8, 4) is 0 Å². The lowest BCUT2D eigenvalue weighted by atomic mass is 9.80. The highest BCUT2D eigenvalue weighted by Gasteiger charge is 2.28. The van der Waals surface area contributed by atoms with Crippen LogP contribution >= 0.6 is 0 Å². The number of hydrogen-bond donors (Lipinski definition) is 0. The van der Waals surface area contributed by atoms with Crippen molar-refractivity contribution in [3.63, 3.8) is 0 Å². The molecule has 98 heavy (non-hydrogen) atoms. The summed E-state index contributed by atoms with van der Waals surface area (Å²) >= 11 is 0. The summed E-state index contributed by atoms with van der Waals surface area (Å²) in [5, 5.41) is 0. The smallest absolute Gasteiger partial charge is 0.311 e. The topological polar surface area (TPSA) is 107 Å². The van der Waals surface area contributed by atoms with Gasteiger partial charge >= 0.3 is 5.97 Å². The number of carbonyl (C=O) groups excluding carboxylic acids is 5. The number of benzene rings is 7. The molecule has 0 unspecified atom stereocenters. The largest absolute Gasteiger partial charge is 0.465 e. The molecule has 0 aliphatic rings. The first-order chi connectivity index (χ1) is 45.7. The van der Waals surface area contributed by atoms with E-state index < -0.39 is 5.41 Å². The van der Waals surface area contributed by atoms with Crippen LogP contribution in [0.3, 0.4) is 0 Å². The third-order valence-corrected chi connectivity index (χ3v) is 15.4. The first-order valence-corrected chi connectivity index (χ1v) is 35.2. The van der Waals surface area contributed by atoms with Gasteiger partial charge in [-0.05, 0) is 116 Å². The zero-order chi connectivity index (χ0) is 73.6. The lowest BCUT2D eigenvalue weighted by molar-refractivity contribution is -0.152. The lowest BCUT2D eigenvalue weighted by Gasteiger charge is -2.23. The molecule has 7 nitrogen and oxygen atoms in total. The van der Waals surface area contributed by atoms with Gasteiger partial charge in [0.05, 0.1) is 12.0 Å². The molecule has 0 radical (unpaired) electrons. The maximum atomic E-state index is 12.4. The second-order valence-electron chi connectivity index (χ2n) is 32.7. The lowest BCUT2D eigenvalue weighted by Crippen LogP contribution is -2.23. The van der Waals surface area contributed by atoms with E-state index in [1.807, 2.05) is 225 Å². The fourth-order valence-corrected chi connectivity index (χ4v) is 9.47. The average Bonchev–Trinajstić information content (AvgIpc) is 0.848. The van der Waals surface area contributed by atoms with E-state index in [9.17, 15) is 24.0 Å². The normalized spacial score (nSPS) is 11.4. The molecule has 7 aromatic carbocycles. The van der Waals surface area contributed by atoms with Crippen molar-refractivity contribution in [2.45, 2.75) is 209 Å². The number of hydrogen-bond acceptors (Lipinski definition) is 7. The fraction of sp³-hybridized carbons (Fsp3) is 0.429. The van der Waals surface area contributed by atoms with Gasteiger partial charge in [-0.25, -0.2) is 0 Å². The number of aryl methyl sites for hydroxylation is 2. The minimum Gasteiger partial charge on any atom is -0.465 e. The van der Waals surface area contributed by atoms with Crippen molar-refractivity contribution in [1.82, 2.24) is 4.98 Å². The summed E-state index contributed by atoms with van der Waals surface area (Å²) < 4.78 is 5.17. The van der Waals surface area contributed by atoms with Gasteiger partial charge in [0.2, 0.25) is 0 Å². The Morgan fingerprint density at radius 2 is 0.704 bits per heavy atom. The van der Waals surface area contributed by atoms with Crippen molar-refractivity contribution in [1.29, 1.82) is 0 Å². The highest BCUT2D eigenvalue weighted by atomic mass is 16.5. The number of rotatable bonds is 17. The molecule has 8 rings (SSSR count). The van der Waals surface area contributed by atoms with Crippen LogP contribution in [0.5, 0.6) is 0 Å². The molecule has 0 bridgehead atoms. The van der Waals surface area contributed by atoms with E-state index >= 15 is 0 Å². The minimum absolute atomic E-state index is 0.0862. The number of Topliss-reactive ketones (excluding diaryl/α,β-unsaturated/α-hetero) is 4. The summed E-state index contributed by atoms with van der Waals surface area (Å²) in [6, 6.07) is 77.1. The number of esters is 1. The molecular formula is C91H123NO6. The Balaban J connectivity index is 0.000000392. The third kappa shape index (κ3) is 39.3. The fourth-order valence-electron chi connectivity index (χ4n) is 9.47. The number of nitrogens with zero attached hydrogens (tertiary/aromatic N) is 1. The molecule has 0 saturated heterocycles. The highest BCUT2D eigenvalue weighted by Crippen LogP contribution is 2.32. The number of aromatic nitrogens is 1. The Morgan fingerprint density at radius 3 is 1.05 bits per heavy atom. The average molecular weight is 1330 g/mol. The Bertz CT molecular complexity index is 3280. The van der Waals surface area contributed by atoms with Gasteiger partial charge in [-0.3, -0.25) is 29.0 Å². The molecule has 0 aliphatic heterocycles. The molecule has 0 saturated carbocycles. The molecule has 528 valence electrons. The van der Waals surface area contributed by atoms with Crippen LogP contribution in [0.4, 0.5) is 0 Å². The first kappa shape index (κ1) is 85.9. The van der Waals surface area contributed by atoms with Crippen LogP contribution < -0.4 is 0 Å². The summed E-state index contributed by atoms with van der Waals surface area (Å²) in [6.45, 7) is 43.1. The van der Waals surface area contributed by atoms with Crippen LogP contribution in [0.25, 0.3) is 0 Å². The maximum absolute atomic E-state index is 12.4. The first-order valence-electron chi connectivity index (χ1n) is 35.2. The minimum atomic E-state index is -0.406. The standard InChI is InChI=1S/C19H22O.C14H20O.C13H18O2.C13H20.C11H14O.C11H16.C10H13NO/c1-19(2,3)18(20)14-17(15-10-6-4-7-11-15)16-12-8-5-9-13-16;1-14(2,3)13(15)11-7-10-12-8-5-4-6-9-12;1-13(2,3)12(14)15-10-9-11-7-5-4-6-8-11;1-13(2,3)11-7-10-12-8-5-4-6-9-12;1-11(2,3)10(12)9-7-5-4-6-8-9;1-11(2,3)9-10-7-5-4-6-8-10;1-10(2,3)9(12)8-6-4-5-7-11-8/h4-13,17H,14H2,1-3H3;4-6,8-9H,7,10-11H2,1-3H3;4-8H,9-10H2,1-3H3;4-6,8-9H,7,10-11H2,1-3H3;4-8H,1-3H3;4-8H,9H2,1-3H3;4-7H,1-3H3. The number of ketones is 4. The summed E-state index contributed by atoms with van der Waals surface area (Å²) in [6.07, 6.45) is 10.6. The summed E-state index contributed by atoms with van der Waals surface area (Å²) in [5.41, 5.74) is 8.55. The Morgan fingerprint density at radius 1 is 0.347 bits per heavy atom. The summed E-state index contributed by atoms with van der Waals surface area (Å²) in [4.78, 5) is 62.8. The monoisotopic (exact) mass is 1330 g/mol. The van der Waals surface area contributed by atoms with Crippen molar-refractivity contribution in [3.05, 3.63) is 281 Å². The molecule has 0 fully saturated rings. The van der Waals surface area contributed by atoms with Gasteiger partial charge in [-0.15, -0.1) is 0 Å². The van der Waals surface area contributed by atoms with Gasteiger partial charge in [-0.1, -0.05) is 343 Å². The second kappa shape index (κ2) is 42.6. The van der Waals surface area contributed by atoms with Gasteiger partial charge < -0.3 is 4.74 Å². The quantitative estimate of drug-likeness (QED) is 0.0660. The van der Waals surface area contributed by atoms with Crippen molar-refractivity contribution in [2.75, 3.05) is 6.61 Å². The summed E-state index contributed by atoms with van der Waals surface area (Å²) in [5.74, 6) is 0.947. The Labute approximate surface area is 594 Å². The van der Waals surface area contributed by atoms with E-state index in [0.29, 0.717) is 47.5 Å². The molecule has 0 atom stereocenters. The molecule has 0 amide bonds. The molecule has 0 spiro atoms. The predicted molar refractivity (Wildman–Crippen MR) is 415 cm³/mol. The third-order valence-electron chi connectivity index (χ3n) is 15.4. The van der Waals surface area contributed by atoms with Crippen molar-refractivity contribution >= 4 is 29.1 Å². The maximum Gasteiger partial charge on any atom is 0.311 e. The van der Waals surface area contributed by atoms with Crippen LogP contribution in [0.2, 0.25) is 0 Å². The van der Waals surface area contributed by atoms with E-state index in [0.717, 1.165) is 31.2 Å². The highest BCUT2D eigenvalue weighted by molar-refractivity contribution is 5.99. The van der Waals surface area contributed by atoms with Gasteiger partial charge in [0, 0.05) is 58.6 Å². The molecule has 0 N–H and O–H groups in total. The SMILES string of the molecule is CC(C)(C)C(=O)CC(c1ccccc1)c1ccccc1.CC(C)(C)C(=O)CCCc1ccccc1.CC(C)(C)C(=O)OCCc1ccccc1.CC(C)(C)C(=O)c1ccccc1.CC(C)(C)C(=O)c1ccccn1.CC(C)(C)CCCc1ccccc1.CC(C)(C)Cc1ccccc1. The van der Waals surface area contributed by atoms with E-state index in [4.69, 9.17) is 4.74 Å². The molecule has 8 aromatic rings. The van der Waals surface area contributed by atoms with Crippen molar-refractivity contribution in [2.24, 2.45) is 37.9 Å². The van der Waals surface area contributed by atoms with Gasteiger partial charge in [0.15, 0.2) is 11.6 Å². The summed E-state index contributed by atoms with van der Waals surface area (Å²) in [7, 11) is 0. The van der Waals surface area contributed by atoms with E-state index in [-0.39, 0.29) is 45.1 Å². The van der Waals surface area contributed by atoms with E-state index in [1.165, 1.54) is 52.6 Å². The van der Waals surface area contributed by atoms with Gasteiger partial charge in [0.25, 0.3) is 0 Å². The molecule has 0 aliphatic carbocycles. The number of ether oxygens (including phenoxy) is 1. The van der Waals surface area contributed by atoms with Crippen LogP contribution in [0, 0.1) is 37.9 Å².